The lowest BCUT2D eigenvalue weighted by atomic mass is 10.0. The van der Waals surface area contributed by atoms with Crippen LogP contribution in [0.1, 0.15) is 30.9 Å². The van der Waals surface area contributed by atoms with E-state index in [1.807, 2.05) is 43.3 Å². The van der Waals surface area contributed by atoms with Gasteiger partial charge in [-0.1, -0.05) is 103 Å². The molecule has 230 valence electrons. The molecule has 44 heavy (non-hydrogen) atoms. The van der Waals surface area contributed by atoms with Gasteiger partial charge in [-0.2, -0.15) is 0 Å². The van der Waals surface area contributed by atoms with Gasteiger partial charge in [0.25, 0.3) is 10.0 Å². The molecule has 0 radical (unpaired) electrons. The van der Waals surface area contributed by atoms with Gasteiger partial charge < -0.3 is 10.2 Å². The van der Waals surface area contributed by atoms with E-state index in [2.05, 4.69) is 5.32 Å². The van der Waals surface area contributed by atoms with Gasteiger partial charge in [0.1, 0.15) is 12.6 Å². The number of carbonyl (C=O) groups excluding carboxylic acids is 2. The average Bonchev–Trinajstić information content (AvgIpc) is 3.02. The number of carbonyl (C=O) groups is 2. The van der Waals surface area contributed by atoms with E-state index in [4.69, 9.17) is 23.2 Å². The van der Waals surface area contributed by atoms with Crippen LogP contribution in [0, 0.1) is 0 Å². The number of unbranched alkanes of at least 4 members (excludes halogenated alkanes) is 1. The Morgan fingerprint density at radius 2 is 1.41 bits per heavy atom. The third-order valence-corrected chi connectivity index (χ3v) is 9.31. The number of anilines is 1. The summed E-state index contributed by atoms with van der Waals surface area (Å²) < 4.78 is 29.0. The van der Waals surface area contributed by atoms with Crippen LogP contribution in [-0.4, -0.2) is 44.3 Å². The standard InChI is InChI=1S/C34H35Cl2N3O4S/c1-2-3-20-37-34(41)32(22-26-12-6-4-7-13-26)38(24-27-14-10-15-28(35)21-27)33(40)25-39(30-17-11-16-29(36)23-30)44(42,43)31-18-8-5-9-19-31/h4-19,21,23,32H,2-3,20,22,24-25H2,1H3,(H,37,41). The van der Waals surface area contributed by atoms with Gasteiger partial charge in [-0.25, -0.2) is 8.42 Å². The molecule has 4 rings (SSSR count). The lowest BCUT2D eigenvalue weighted by molar-refractivity contribution is -0.140. The maximum atomic E-state index is 14.4. The second-order valence-electron chi connectivity index (χ2n) is 10.3. The molecule has 4 aromatic rings. The maximum Gasteiger partial charge on any atom is 0.264 e. The van der Waals surface area contributed by atoms with E-state index in [1.54, 1.807) is 54.6 Å². The number of sulfonamides is 1. The minimum absolute atomic E-state index is 0.0207. The van der Waals surface area contributed by atoms with Gasteiger partial charge in [-0.15, -0.1) is 0 Å². The molecule has 0 saturated carbocycles. The minimum Gasteiger partial charge on any atom is -0.354 e. The maximum absolute atomic E-state index is 14.4. The van der Waals surface area contributed by atoms with Crippen molar-refractivity contribution in [1.82, 2.24) is 10.2 Å². The number of nitrogens with one attached hydrogen (secondary N) is 1. The van der Waals surface area contributed by atoms with Crippen molar-refractivity contribution in [3.05, 3.63) is 130 Å². The van der Waals surface area contributed by atoms with Crippen LogP contribution >= 0.6 is 23.2 Å². The van der Waals surface area contributed by atoms with Crippen molar-refractivity contribution < 1.29 is 18.0 Å². The Morgan fingerprint density at radius 3 is 2.05 bits per heavy atom. The largest absolute Gasteiger partial charge is 0.354 e. The SMILES string of the molecule is CCCCNC(=O)C(Cc1ccccc1)N(Cc1cccc(Cl)c1)C(=O)CN(c1cccc(Cl)c1)S(=O)(=O)c1ccccc1. The van der Waals surface area contributed by atoms with E-state index < -0.39 is 28.5 Å². The van der Waals surface area contributed by atoms with Gasteiger partial charge in [-0.3, -0.25) is 13.9 Å². The number of rotatable bonds is 14. The van der Waals surface area contributed by atoms with Crippen molar-refractivity contribution in [1.29, 1.82) is 0 Å². The first kappa shape index (κ1) is 33.1. The van der Waals surface area contributed by atoms with Crippen molar-refractivity contribution in [2.75, 3.05) is 17.4 Å². The molecule has 0 aliphatic rings. The average molecular weight is 653 g/mol. The van der Waals surface area contributed by atoms with Crippen molar-refractivity contribution in [2.45, 2.75) is 43.7 Å². The van der Waals surface area contributed by atoms with Crippen LogP contribution in [0.15, 0.2) is 114 Å². The summed E-state index contributed by atoms with van der Waals surface area (Å²) in [6, 6.07) is 29.8. The first-order valence-corrected chi connectivity index (χ1v) is 16.6. The predicted octanol–water partition coefficient (Wildman–Crippen LogP) is 6.75. The highest BCUT2D eigenvalue weighted by Gasteiger charge is 2.34. The summed E-state index contributed by atoms with van der Waals surface area (Å²) >= 11 is 12.6. The van der Waals surface area contributed by atoms with Gasteiger partial charge >= 0.3 is 0 Å². The highest BCUT2D eigenvalue weighted by atomic mass is 35.5. The summed E-state index contributed by atoms with van der Waals surface area (Å²) in [4.78, 5) is 29.6. The van der Waals surface area contributed by atoms with Crippen LogP contribution < -0.4 is 9.62 Å². The van der Waals surface area contributed by atoms with Crippen LogP contribution in [0.3, 0.4) is 0 Å². The molecule has 10 heteroatoms. The van der Waals surface area contributed by atoms with Crippen LogP contribution in [-0.2, 0) is 32.6 Å². The van der Waals surface area contributed by atoms with Crippen molar-refractivity contribution in [3.63, 3.8) is 0 Å². The number of halogens is 2. The van der Waals surface area contributed by atoms with Gasteiger partial charge in [0.15, 0.2) is 0 Å². The Morgan fingerprint density at radius 1 is 0.795 bits per heavy atom. The van der Waals surface area contributed by atoms with Crippen molar-refractivity contribution >= 4 is 50.7 Å². The zero-order valence-corrected chi connectivity index (χ0v) is 26.7. The zero-order valence-electron chi connectivity index (χ0n) is 24.4. The molecule has 0 bridgehead atoms. The summed E-state index contributed by atoms with van der Waals surface area (Å²) in [5.74, 6) is -0.881. The molecule has 1 N–H and O–H groups in total. The fourth-order valence-corrected chi connectivity index (χ4v) is 6.60. The van der Waals surface area contributed by atoms with Crippen LogP contribution in [0.25, 0.3) is 0 Å². The number of benzene rings is 4. The Labute approximate surface area is 269 Å². The van der Waals surface area contributed by atoms with Crippen LogP contribution in [0.5, 0.6) is 0 Å². The Hall–Kier alpha value is -3.85. The van der Waals surface area contributed by atoms with E-state index in [0.717, 1.165) is 22.7 Å². The van der Waals surface area contributed by atoms with Crippen molar-refractivity contribution in [3.8, 4) is 0 Å². The second kappa shape index (κ2) is 15.7. The Bertz CT molecular complexity index is 1650. The molecule has 2 amide bonds. The molecule has 0 aliphatic carbocycles. The topological polar surface area (TPSA) is 86.8 Å². The first-order valence-electron chi connectivity index (χ1n) is 14.4. The molecule has 7 nitrogen and oxygen atoms in total. The van der Waals surface area contributed by atoms with Gasteiger partial charge in [-0.05, 0) is 60.0 Å². The zero-order chi connectivity index (χ0) is 31.5. The fraction of sp³-hybridized carbons (Fsp3) is 0.235. The van der Waals surface area contributed by atoms with Gasteiger partial charge in [0.05, 0.1) is 10.6 Å². The molecule has 0 saturated heterocycles. The number of hydrogen-bond acceptors (Lipinski definition) is 4. The minimum atomic E-state index is -4.20. The molecular weight excluding hydrogens is 617 g/mol. The van der Waals surface area contributed by atoms with Crippen LogP contribution in [0.4, 0.5) is 5.69 Å². The highest BCUT2D eigenvalue weighted by Crippen LogP contribution is 2.27. The first-order chi connectivity index (χ1) is 21.2. The van der Waals surface area contributed by atoms with E-state index in [1.165, 1.54) is 23.1 Å². The van der Waals surface area contributed by atoms with Gasteiger partial charge in [0.2, 0.25) is 11.8 Å². The molecule has 4 aromatic carbocycles. The molecule has 0 fully saturated rings. The lowest BCUT2D eigenvalue weighted by Gasteiger charge is -2.34. The molecule has 0 aliphatic heterocycles. The van der Waals surface area contributed by atoms with E-state index in [9.17, 15) is 18.0 Å². The quantitative estimate of drug-likeness (QED) is 0.153. The Kier molecular flexibility index (Phi) is 11.8. The van der Waals surface area contributed by atoms with E-state index in [0.29, 0.717) is 22.2 Å². The number of nitrogens with zero attached hydrogens (tertiary/aromatic N) is 2. The molecule has 0 aromatic heterocycles. The monoisotopic (exact) mass is 651 g/mol. The molecule has 1 unspecified atom stereocenters. The summed E-state index contributed by atoms with van der Waals surface area (Å²) in [7, 11) is -4.20. The fourth-order valence-electron chi connectivity index (χ4n) is 4.77. The third kappa shape index (κ3) is 8.85. The number of amides is 2. The summed E-state index contributed by atoms with van der Waals surface area (Å²) in [5.41, 5.74) is 1.78. The third-order valence-electron chi connectivity index (χ3n) is 7.05. The predicted molar refractivity (Wildman–Crippen MR) is 176 cm³/mol. The Balaban J connectivity index is 1.78. The molecule has 0 spiro atoms. The molecular formula is C34H35Cl2N3O4S. The van der Waals surface area contributed by atoms with E-state index >= 15 is 0 Å². The summed E-state index contributed by atoms with van der Waals surface area (Å²) in [6.45, 7) is 1.95. The summed E-state index contributed by atoms with van der Waals surface area (Å²) in [6.07, 6.45) is 1.90. The van der Waals surface area contributed by atoms with Gasteiger partial charge in [0, 0.05) is 29.6 Å². The molecule has 0 heterocycles. The summed E-state index contributed by atoms with van der Waals surface area (Å²) in [5, 5.41) is 3.77. The van der Waals surface area contributed by atoms with E-state index in [-0.39, 0.29) is 29.5 Å². The van der Waals surface area contributed by atoms with Crippen LogP contribution in [0.2, 0.25) is 10.0 Å². The smallest absolute Gasteiger partial charge is 0.264 e. The second-order valence-corrected chi connectivity index (χ2v) is 13.0. The highest BCUT2D eigenvalue weighted by molar-refractivity contribution is 7.92. The van der Waals surface area contributed by atoms with Crippen molar-refractivity contribution in [2.24, 2.45) is 0 Å². The molecule has 1 atom stereocenters. The lowest BCUT2D eigenvalue weighted by Crippen LogP contribution is -2.53. The number of hydrogen-bond donors (Lipinski definition) is 1. The normalized spacial score (nSPS) is 11.9.